The molecule has 0 saturated carbocycles. The number of nitrogens with zero attached hydrogens (tertiary/aromatic N) is 1. The molecule has 1 rings (SSSR count). The third-order valence-corrected chi connectivity index (χ3v) is 3.60. The highest BCUT2D eigenvalue weighted by molar-refractivity contribution is 7.80. The molecule has 14 heavy (non-hydrogen) atoms. The second kappa shape index (κ2) is 5.66. The topological polar surface area (TPSA) is 29.3 Å². The molecule has 0 radical (unpaired) electrons. The summed E-state index contributed by atoms with van der Waals surface area (Å²) in [5, 5.41) is 0. The highest BCUT2D eigenvalue weighted by Gasteiger charge is 2.20. The number of thiocarbonyl (C=S) groups is 1. The smallest absolute Gasteiger partial charge is 0.0768 e. The average molecular weight is 214 g/mol. The first kappa shape index (κ1) is 11.9. The van der Waals surface area contributed by atoms with Crippen LogP contribution in [0.5, 0.6) is 0 Å². The van der Waals surface area contributed by atoms with E-state index in [-0.39, 0.29) is 0 Å². The Morgan fingerprint density at radius 2 is 2.36 bits per heavy atom. The van der Waals surface area contributed by atoms with Crippen molar-refractivity contribution in [1.82, 2.24) is 4.90 Å². The van der Waals surface area contributed by atoms with Crippen molar-refractivity contribution in [2.24, 2.45) is 17.6 Å². The Bertz CT molecular complexity index is 194. The summed E-state index contributed by atoms with van der Waals surface area (Å²) in [6.07, 6.45) is 4.04. The highest BCUT2D eigenvalue weighted by Crippen LogP contribution is 2.19. The van der Waals surface area contributed by atoms with Crippen LogP contribution < -0.4 is 5.73 Å². The molecule has 1 saturated heterocycles. The third kappa shape index (κ3) is 3.54. The first-order valence-corrected chi connectivity index (χ1v) is 6.06. The first-order chi connectivity index (χ1) is 6.63. The second-order valence-electron chi connectivity index (χ2n) is 4.48. The van der Waals surface area contributed by atoms with Gasteiger partial charge in [-0.15, -0.1) is 0 Å². The predicted molar refractivity (Wildman–Crippen MR) is 65.4 cm³/mol. The molecule has 2 N–H and O–H groups in total. The minimum atomic E-state index is 0.362. The fourth-order valence-electron chi connectivity index (χ4n) is 2.13. The molecule has 1 fully saturated rings. The lowest BCUT2D eigenvalue weighted by atomic mass is 9.95. The summed E-state index contributed by atoms with van der Waals surface area (Å²) in [6.45, 7) is 7.92. The monoisotopic (exact) mass is 214 g/mol. The molecule has 0 spiro atoms. The number of piperidine rings is 1. The lowest BCUT2D eigenvalue weighted by molar-refractivity contribution is 0.164. The van der Waals surface area contributed by atoms with Crippen molar-refractivity contribution in [3.05, 3.63) is 0 Å². The normalized spacial score (nSPS) is 26.0. The van der Waals surface area contributed by atoms with Crippen LogP contribution in [0.1, 0.15) is 33.1 Å². The summed E-state index contributed by atoms with van der Waals surface area (Å²) in [5.74, 6) is 1.25. The third-order valence-electron chi connectivity index (χ3n) is 3.20. The van der Waals surface area contributed by atoms with E-state index in [0.717, 1.165) is 12.5 Å². The lowest BCUT2D eigenvalue weighted by Crippen LogP contribution is -2.40. The van der Waals surface area contributed by atoms with Crippen LogP contribution in [0.4, 0.5) is 0 Å². The van der Waals surface area contributed by atoms with E-state index in [1.807, 2.05) is 0 Å². The number of hydrogen-bond acceptors (Lipinski definition) is 2. The fourth-order valence-corrected chi connectivity index (χ4v) is 2.20. The Labute approximate surface area is 92.8 Å². The van der Waals surface area contributed by atoms with Crippen LogP contribution in [-0.4, -0.2) is 29.5 Å². The van der Waals surface area contributed by atoms with Gasteiger partial charge in [0.25, 0.3) is 0 Å². The Balaban J connectivity index is 2.33. The quantitative estimate of drug-likeness (QED) is 0.726. The highest BCUT2D eigenvalue weighted by atomic mass is 32.1. The zero-order valence-electron chi connectivity index (χ0n) is 9.33. The van der Waals surface area contributed by atoms with Crippen molar-refractivity contribution in [3.63, 3.8) is 0 Å². The van der Waals surface area contributed by atoms with E-state index in [0.29, 0.717) is 10.9 Å². The molecule has 0 amide bonds. The average Bonchev–Trinajstić information content (AvgIpc) is 2.18. The second-order valence-corrected chi connectivity index (χ2v) is 4.95. The fraction of sp³-hybridized carbons (Fsp3) is 0.909. The van der Waals surface area contributed by atoms with Crippen molar-refractivity contribution >= 4 is 17.2 Å². The number of nitrogens with two attached hydrogens (primary N) is 1. The van der Waals surface area contributed by atoms with Crippen LogP contribution in [0, 0.1) is 11.8 Å². The molecule has 3 heteroatoms. The molecular formula is C11H22N2S. The van der Waals surface area contributed by atoms with Crippen molar-refractivity contribution in [2.45, 2.75) is 33.1 Å². The predicted octanol–water partition coefficient (Wildman–Crippen LogP) is 2.03. The molecule has 0 aromatic rings. The Hall–Kier alpha value is -0.150. The minimum absolute atomic E-state index is 0.362. The number of rotatable bonds is 4. The number of likely N-dealkylation sites (tertiary alicyclic amines) is 1. The van der Waals surface area contributed by atoms with E-state index in [2.05, 4.69) is 18.7 Å². The molecule has 2 unspecified atom stereocenters. The lowest BCUT2D eigenvalue weighted by Gasteiger charge is -2.33. The summed E-state index contributed by atoms with van der Waals surface area (Å²) in [7, 11) is 0. The van der Waals surface area contributed by atoms with E-state index < -0.39 is 0 Å². The van der Waals surface area contributed by atoms with Gasteiger partial charge in [0.15, 0.2) is 0 Å². The van der Waals surface area contributed by atoms with Crippen molar-refractivity contribution in [2.75, 3.05) is 19.6 Å². The molecule has 82 valence electrons. The van der Waals surface area contributed by atoms with Gasteiger partial charge in [-0.2, -0.15) is 0 Å². The van der Waals surface area contributed by atoms with E-state index in [4.69, 9.17) is 18.0 Å². The first-order valence-electron chi connectivity index (χ1n) is 5.65. The summed E-state index contributed by atoms with van der Waals surface area (Å²) in [6, 6.07) is 0. The van der Waals surface area contributed by atoms with Crippen LogP contribution in [0.3, 0.4) is 0 Å². The maximum absolute atomic E-state index is 5.63. The van der Waals surface area contributed by atoms with Gasteiger partial charge in [0, 0.05) is 19.0 Å². The van der Waals surface area contributed by atoms with Gasteiger partial charge in [0.05, 0.1) is 4.99 Å². The molecule has 2 atom stereocenters. The standard InChI is InChI=1S/C11H22N2S/c1-3-10-5-4-6-13(8-10)7-9(2)11(12)14/h9-10H,3-8H2,1-2H3,(H2,12,14). The maximum atomic E-state index is 5.63. The Kier molecular flexibility index (Phi) is 4.82. The zero-order valence-corrected chi connectivity index (χ0v) is 10.1. The molecule has 0 aliphatic carbocycles. The summed E-state index contributed by atoms with van der Waals surface area (Å²) < 4.78 is 0. The van der Waals surface area contributed by atoms with Crippen LogP contribution in [0.25, 0.3) is 0 Å². The van der Waals surface area contributed by atoms with Gasteiger partial charge in [-0.3, -0.25) is 0 Å². The van der Waals surface area contributed by atoms with Gasteiger partial charge < -0.3 is 10.6 Å². The molecule has 1 heterocycles. The molecule has 0 aromatic carbocycles. The molecular weight excluding hydrogens is 192 g/mol. The zero-order chi connectivity index (χ0) is 10.6. The minimum Gasteiger partial charge on any atom is -0.393 e. The summed E-state index contributed by atoms with van der Waals surface area (Å²) in [5.41, 5.74) is 5.63. The molecule has 1 aliphatic rings. The van der Waals surface area contributed by atoms with Gasteiger partial charge in [-0.25, -0.2) is 0 Å². The van der Waals surface area contributed by atoms with Crippen molar-refractivity contribution in [1.29, 1.82) is 0 Å². The van der Waals surface area contributed by atoms with Gasteiger partial charge in [-0.05, 0) is 25.3 Å². The summed E-state index contributed by atoms with van der Waals surface area (Å²) in [4.78, 5) is 3.17. The van der Waals surface area contributed by atoms with Gasteiger partial charge in [0.2, 0.25) is 0 Å². The summed E-state index contributed by atoms with van der Waals surface area (Å²) >= 11 is 5.00. The van der Waals surface area contributed by atoms with Crippen LogP contribution in [-0.2, 0) is 0 Å². The largest absolute Gasteiger partial charge is 0.393 e. The maximum Gasteiger partial charge on any atom is 0.0768 e. The van der Waals surface area contributed by atoms with E-state index in [1.165, 1.54) is 32.4 Å². The molecule has 2 nitrogen and oxygen atoms in total. The molecule has 0 aromatic heterocycles. The van der Waals surface area contributed by atoms with Crippen molar-refractivity contribution < 1.29 is 0 Å². The SMILES string of the molecule is CCC1CCCN(CC(C)C(N)=S)C1. The van der Waals surface area contributed by atoms with Gasteiger partial charge in [0.1, 0.15) is 0 Å². The number of hydrogen-bond donors (Lipinski definition) is 1. The van der Waals surface area contributed by atoms with E-state index in [1.54, 1.807) is 0 Å². The van der Waals surface area contributed by atoms with Crippen molar-refractivity contribution in [3.8, 4) is 0 Å². The van der Waals surface area contributed by atoms with Crippen LogP contribution >= 0.6 is 12.2 Å². The van der Waals surface area contributed by atoms with E-state index >= 15 is 0 Å². The van der Waals surface area contributed by atoms with Crippen LogP contribution in [0.2, 0.25) is 0 Å². The van der Waals surface area contributed by atoms with Gasteiger partial charge >= 0.3 is 0 Å². The molecule has 1 aliphatic heterocycles. The molecule has 0 bridgehead atoms. The Morgan fingerprint density at radius 3 is 2.93 bits per heavy atom. The van der Waals surface area contributed by atoms with E-state index in [9.17, 15) is 0 Å². The Morgan fingerprint density at radius 1 is 1.64 bits per heavy atom. The van der Waals surface area contributed by atoms with Crippen LogP contribution in [0.15, 0.2) is 0 Å². The van der Waals surface area contributed by atoms with Gasteiger partial charge in [-0.1, -0.05) is 32.5 Å².